The van der Waals surface area contributed by atoms with Crippen LogP contribution in [0.15, 0.2) is 0 Å². The lowest BCUT2D eigenvalue weighted by molar-refractivity contribution is 0.328. The van der Waals surface area contributed by atoms with Crippen molar-refractivity contribution in [3.05, 3.63) is 0 Å². The largest absolute Gasteiger partial charge is 0.305 e. The quantitative estimate of drug-likeness (QED) is 0.539. The average Bonchev–Trinajstić information content (AvgIpc) is 1.99. The monoisotopic (exact) mass is 265 g/mol. The SMILES string of the molecule is CC(N(CS(=O)O)CS(=O)O)S(=O)O. The summed E-state index contributed by atoms with van der Waals surface area (Å²) in [6.45, 7) is 1.32. The van der Waals surface area contributed by atoms with Gasteiger partial charge in [0, 0.05) is 0 Å². The van der Waals surface area contributed by atoms with E-state index in [0.29, 0.717) is 0 Å². The highest BCUT2D eigenvalue weighted by Gasteiger charge is 2.21. The Labute approximate surface area is 88.7 Å². The summed E-state index contributed by atoms with van der Waals surface area (Å²) in [4.78, 5) is 0.988. The maximum atomic E-state index is 10.6. The van der Waals surface area contributed by atoms with Crippen LogP contribution in [0.4, 0.5) is 0 Å². The predicted octanol–water partition coefficient (Wildman–Crippen LogP) is -0.785. The van der Waals surface area contributed by atoms with Crippen LogP contribution in [0.25, 0.3) is 0 Å². The van der Waals surface area contributed by atoms with Gasteiger partial charge in [0.15, 0.2) is 33.2 Å². The Morgan fingerprint density at radius 2 is 1.43 bits per heavy atom. The third-order valence-electron chi connectivity index (χ3n) is 1.36. The number of nitrogens with zero attached hydrogens (tertiary/aromatic N) is 1. The minimum atomic E-state index is -2.24. The summed E-state index contributed by atoms with van der Waals surface area (Å²) in [6.07, 6.45) is 0. The molecule has 0 aliphatic heterocycles. The summed E-state index contributed by atoms with van der Waals surface area (Å²) in [7, 11) is 0. The van der Waals surface area contributed by atoms with Crippen molar-refractivity contribution in [1.82, 2.24) is 4.90 Å². The van der Waals surface area contributed by atoms with Gasteiger partial charge in [0.05, 0.1) is 0 Å². The summed E-state index contributed by atoms with van der Waals surface area (Å²) in [6, 6.07) is 0. The van der Waals surface area contributed by atoms with Crippen LogP contribution in [0, 0.1) is 0 Å². The van der Waals surface area contributed by atoms with E-state index >= 15 is 0 Å². The van der Waals surface area contributed by atoms with Gasteiger partial charge in [0.1, 0.15) is 17.1 Å². The maximum Gasteiger partial charge on any atom is 0.170 e. The molecule has 0 bridgehead atoms. The minimum absolute atomic E-state index is 0.445. The third kappa shape index (κ3) is 5.90. The standard InChI is InChI=1S/C4H11NO6S3/c1-4(14(10)11)5(2-12(6)7)3-13(8)9/h4H,2-3H2,1H3,(H,6,7)(H,8,9)(H,10,11). The van der Waals surface area contributed by atoms with E-state index in [1.807, 2.05) is 0 Å². The lowest BCUT2D eigenvalue weighted by Crippen LogP contribution is -2.40. The van der Waals surface area contributed by atoms with Crippen molar-refractivity contribution in [2.45, 2.75) is 12.3 Å². The number of hydrogen-bond donors (Lipinski definition) is 3. The van der Waals surface area contributed by atoms with Gasteiger partial charge in [-0.25, -0.2) is 12.6 Å². The second-order valence-electron chi connectivity index (χ2n) is 2.37. The molecule has 0 amide bonds. The smallest absolute Gasteiger partial charge is 0.170 e. The molecule has 0 heterocycles. The molecule has 0 rings (SSSR count). The fourth-order valence-corrected chi connectivity index (χ4v) is 2.56. The van der Waals surface area contributed by atoms with E-state index in [1.54, 1.807) is 0 Å². The Bertz CT molecular complexity index is 241. The van der Waals surface area contributed by atoms with Crippen molar-refractivity contribution < 1.29 is 26.3 Å². The van der Waals surface area contributed by atoms with Gasteiger partial charge < -0.3 is 13.7 Å². The second-order valence-corrected chi connectivity index (χ2v) is 5.40. The molecule has 0 spiro atoms. The van der Waals surface area contributed by atoms with Gasteiger partial charge in [-0.1, -0.05) is 0 Å². The highest BCUT2D eigenvalue weighted by molar-refractivity contribution is 7.81. The molecular weight excluding hydrogens is 254 g/mol. The normalized spacial score (nSPS) is 20.4. The van der Waals surface area contributed by atoms with Gasteiger partial charge in [0.2, 0.25) is 0 Å². The van der Waals surface area contributed by atoms with Crippen LogP contribution in [0.2, 0.25) is 0 Å². The fourth-order valence-electron chi connectivity index (χ4n) is 0.658. The second kappa shape index (κ2) is 6.71. The zero-order valence-electron chi connectivity index (χ0n) is 7.23. The van der Waals surface area contributed by atoms with Crippen LogP contribution in [-0.4, -0.2) is 48.3 Å². The molecule has 0 aromatic carbocycles. The first-order chi connectivity index (χ1) is 6.34. The Morgan fingerprint density at radius 3 is 1.64 bits per heavy atom. The fraction of sp³-hybridized carbons (Fsp3) is 1.00. The van der Waals surface area contributed by atoms with Crippen molar-refractivity contribution in [1.29, 1.82) is 0 Å². The number of rotatable bonds is 6. The zero-order chi connectivity index (χ0) is 11.3. The van der Waals surface area contributed by atoms with Crippen LogP contribution in [0.5, 0.6) is 0 Å². The Kier molecular flexibility index (Phi) is 6.85. The molecule has 4 atom stereocenters. The highest BCUT2D eigenvalue weighted by atomic mass is 32.2. The molecule has 4 unspecified atom stereocenters. The van der Waals surface area contributed by atoms with Crippen molar-refractivity contribution in [3.63, 3.8) is 0 Å². The van der Waals surface area contributed by atoms with Crippen LogP contribution < -0.4 is 0 Å². The molecule has 7 nitrogen and oxygen atoms in total. The molecule has 10 heteroatoms. The molecule has 0 saturated heterocycles. The first-order valence-electron chi connectivity index (χ1n) is 3.33. The summed E-state index contributed by atoms with van der Waals surface area (Å²) < 4.78 is 57.2. The van der Waals surface area contributed by atoms with Crippen LogP contribution >= 0.6 is 0 Å². The van der Waals surface area contributed by atoms with Gasteiger partial charge >= 0.3 is 0 Å². The lowest BCUT2D eigenvalue weighted by Gasteiger charge is -2.22. The van der Waals surface area contributed by atoms with E-state index in [1.165, 1.54) is 6.92 Å². The van der Waals surface area contributed by atoms with Crippen molar-refractivity contribution >= 4 is 33.2 Å². The van der Waals surface area contributed by atoms with E-state index in [4.69, 9.17) is 13.7 Å². The first kappa shape index (κ1) is 14.3. The lowest BCUT2D eigenvalue weighted by atomic mass is 10.7. The molecule has 86 valence electrons. The summed E-state index contributed by atoms with van der Waals surface area (Å²) in [5.74, 6) is -0.889. The van der Waals surface area contributed by atoms with Crippen LogP contribution in [-0.2, 0) is 33.2 Å². The average molecular weight is 265 g/mol. The van der Waals surface area contributed by atoms with Gasteiger partial charge in [-0.05, 0) is 6.92 Å². The predicted molar refractivity (Wildman–Crippen MR) is 53.3 cm³/mol. The maximum absolute atomic E-state index is 10.6. The molecule has 14 heavy (non-hydrogen) atoms. The van der Waals surface area contributed by atoms with Gasteiger partial charge in [-0.3, -0.25) is 4.90 Å². The topological polar surface area (TPSA) is 115 Å². The molecule has 3 N–H and O–H groups in total. The molecular formula is C4H11NO6S3. The third-order valence-corrected chi connectivity index (χ3v) is 3.35. The van der Waals surface area contributed by atoms with Crippen molar-refractivity contribution in [2.75, 3.05) is 11.8 Å². The molecule has 0 fully saturated rings. The molecule has 0 aliphatic carbocycles. The molecule has 0 aromatic rings. The van der Waals surface area contributed by atoms with E-state index in [0.717, 1.165) is 4.90 Å². The zero-order valence-corrected chi connectivity index (χ0v) is 9.68. The molecule has 0 radical (unpaired) electrons. The molecule has 0 aromatic heterocycles. The van der Waals surface area contributed by atoms with Gasteiger partial charge in [-0.2, -0.15) is 0 Å². The van der Waals surface area contributed by atoms with E-state index in [2.05, 4.69) is 0 Å². The Morgan fingerprint density at radius 1 is 1.07 bits per heavy atom. The van der Waals surface area contributed by atoms with Gasteiger partial charge in [0.25, 0.3) is 0 Å². The Balaban J connectivity index is 4.45. The van der Waals surface area contributed by atoms with Crippen molar-refractivity contribution in [2.24, 2.45) is 0 Å². The highest BCUT2D eigenvalue weighted by Crippen LogP contribution is 2.03. The Hall–Kier alpha value is 0.290. The van der Waals surface area contributed by atoms with Crippen LogP contribution in [0.1, 0.15) is 6.92 Å². The van der Waals surface area contributed by atoms with Crippen molar-refractivity contribution in [3.8, 4) is 0 Å². The number of hydrogen-bond acceptors (Lipinski definition) is 4. The summed E-state index contributed by atoms with van der Waals surface area (Å²) >= 11 is -6.67. The van der Waals surface area contributed by atoms with Crippen LogP contribution in [0.3, 0.4) is 0 Å². The molecule has 0 saturated carbocycles. The minimum Gasteiger partial charge on any atom is -0.305 e. The van der Waals surface area contributed by atoms with E-state index in [-0.39, 0.29) is 0 Å². The summed E-state index contributed by atoms with van der Waals surface area (Å²) in [5, 5.41) is -0.970. The van der Waals surface area contributed by atoms with E-state index in [9.17, 15) is 12.6 Å². The molecule has 0 aliphatic rings. The summed E-state index contributed by atoms with van der Waals surface area (Å²) in [5.41, 5.74) is 0. The van der Waals surface area contributed by atoms with E-state index < -0.39 is 50.4 Å². The van der Waals surface area contributed by atoms with Gasteiger partial charge in [-0.15, -0.1) is 0 Å². The first-order valence-corrected chi connectivity index (χ1v) is 7.05.